The smallest absolute Gasteiger partial charge is 0.119 e. The van der Waals surface area contributed by atoms with Gasteiger partial charge in [0.1, 0.15) is 12.4 Å². The quantitative estimate of drug-likeness (QED) is 0.745. The third-order valence-electron chi connectivity index (χ3n) is 3.07. The van der Waals surface area contributed by atoms with Crippen LogP contribution in [0.5, 0.6) is 5.75 Å². The predicted octanol–water partition coefficient (Wildman–Crippen LogP) is 5.06. The Labute approximate surface area is 129 Å². The number of hydrogen-bond acceptors (Lipinski definition) is 2. The molecule has 0 aliphatic carbocycles. The van der Waals surface area contributed by atoms with Gasteiger partial charge in [-0.15, -0.1) is 0 Å². The van der Waals surface area contributed by atoms with Crippen LogP contribution in [-0.4, -0.2) is 13.2 Å². The number of ether oxygens (including phenoxy) is 1. The Bertz CT molecular complexity index is 537. The van der Waals surface area contributed by atoms with Crippen molar-refractivity contribution >= 4 is 21.6 Å². The van der Waals surface area contributed by atoms with Gasteiger partial charge in [-0.2, -0.15) is 0 Å². The Hall–Kier alpha value is -1.48. The van der Waals surface area contributed by atoms with Crippen molar-refractivity contribution < 1.29 is 4.74 Å². The molecule has 0 fully saturated rings. The van der Waals surface area contributed by atoms with E-state index in [1.54, 1.807) is 0 Å². The minimum absolute atomic E-state index is 0.552. The molecular formula is C17H20BrNO. The van der Waals surface area contributed by atoms with E-state index in [9.17, 15) is 0 Å². The van der Waals surface area contributed by atoms with Crippen molar-refractivity contribution in [1.82, 2.24) is 0 Å². The van der Waals surface area contributed by atoms with Gasteiger partial charge < -0.3 is 10.1 Å². The first-order valence-corrected chi connectivity index (χ1v) is 7.66. The van der Waals surface area contributed by atoms with E-state index in [-0.39, 0.29) is 0 Å². The number of halogens is 1. The fourth-order valence-corrected chi connectivity index (χ4v) is 2.17. The topological polar surface area (TPSA) is 21.3 Å². The summed E-state index contributed by atoms with van der Waals surface area (Å²) in [5, 5.41) is 3.39. The van der Waals surface area contributed by atoms with Crippen LogP contribution in [0.2, 0.25) is 0 Å². The Morgan fingerprint density at radius 1 is 1.10 bits per heavy atom. The Morgan fingerprint density at radius 2 is 1.85 bits per heavy atom. The second kappa shape index (κ2) is 7.34. The van der Waals surface area contributed by atoms with E-state index < -0.39 is 0 Å². The molecule has 0 heterocycles. The second-order valence-electron chi connectivity index (χ2n) is 5.01. The van der Waals surface area contributed by atoms with Gasteiger partial charge in [-0.05, 0) is 47.9 Å². The Morgan fingerprint density at radius 3 is 2.55 bits per heavy atom. The van der Waals surface area contributed by atoms with Crippen molar-refractivity contribution in [3.05, 3.63) is 58.6 Å². The van der Waals surface area contributed by atoms with Crippen LogP contribution < -0.4 is 10.1 Å². The minimum atomic E-state index is 0.552. The molecule has 2 nitrogen and oxygen atoms in total. The average Bonchev–Trinajstić information content (AvgIpc) is 2.46. The van der Waals surface area contributed by atoms with Gasteiger partial charge in [0.2, 0.25) is 0 Å². The van der Waals surface area contributed by atoms with Gasteiger partial charge in [0.15, 0.2) is 0 Å². The van der Waals surface area contributed by atoms with Crippen LogP contribution in [0, 0.1) is 0 Å². The lowest BCUT2D eigenvalue weighted by atomic mass is 10.0. The van der Waals surface area contributed by atoms with E-state index in [4.69, 9.17) is 4.74 Å². The molecule has 0 saturated carbocycles. The zero-order valence-electron chi connectivity index (χ0n) is 11.9. The van der Waals surface area contributed by atoms with Crippen molar-refractivity contribution in [2.75, 3.05) is 18.5 Å². The third kappa shape index (κ3) is 4.57. The summed E-state index contributed by atoms with van der Waals surface area (Å²) >= 11 is 3.41. The second-order valence-corrected chi connectivity index (χ2v) is 5.92. The van der Waals surface area contributed by atoms with E-state index in [2.05, 4.69) is 59.4 Å². The standard InChI is InChI=1S/C17H20BrNO/c1-13(2)14-4-3-5-16(12-14)19-10-11-20-17-8-6-15(18)7-9-17/h3-9,12-13,19H,10-11H2,1-2H3. The molecule has 2 aromatic rings. The predicted molar refractivity (Wildman–Crippen MR) is 88.7 cm³/mol. The number of anilines is 1. The van der Waals surface area contributed by atoms with Gasteiger partial charge in [-0.3, -0.25) is 0 Å². The van der Waals surface area contributed by atoms with Gasteiger partial charge in [-0.25, -0.2) is 0 Å². The lowest BCUT2D eigenvalue weighted by Crippen LogP contribution is -2.11. The summed E-state index contributed by atoms with van der Waals surface area (Å²) in [5.41, 5.74) is 2.50. The van der Waals surface area contributed by atoms with Crippen molar-refractivity contribution in [3.8, 4) is 5.75 Å². The van der Waals surface area contributed by atoms with Crippen molar-refractivity contribution in [1.29, 1.82) is 0 Å². The summed E-state index contributed by atoms with van der Waals surface area (Å²) in [5.74, 6) is 1.45. The van der Waals surface area contributed by atoms with E-state index >= 15 is 0 Å². The molecule has 20 heavy (non-hydrogen) atoms. The molecule has 0 aromatic heterocycles. The number of hydrogen-bond donors (Lipinski definition) is 1. The van der Waals surface area contributed by atoms with Crippen LogP contribution in [0.25, 0.3) is 0 Å². The number of rotatable bonds is 6. The van der Waals surface area contributed by atoms with Gasteiger partial charge in [0, 0.05) is 16.7 Å². The highest BCUT2D eigenvalue weighted by molar-refractivity contribution is 9.10. The molecule has 0 unspecified atom stereocenters. The summed E-state index contributed by atoms with van der Waals surface area (Å²) in [6.45, 7) is 5.84. The lowest BCUT2D eigenvalue weighted by molar-refractivity contribution is 0.333. The molecular weight excluding hydrogens is 314 g/mol. The minimum Gasteiger partial charge on any atom is -0.492 e. The molecule has 0 aliphatic heterocycles. The highest BCUT2D eigenvalue weighted by Gasteiger charge is 2.00. The Kier molecular flexibility index (Phi) is 5.48. The third-order valence-corrected chi connectivity index (χ3v) is 3.60. The van der Waals surface area contributed by atoms with Crippen LogP contribution in [0.15, 0.2) is 53.0 Å². The largest absolute Gasteiger partial charge is 0.492 e. The van der Waals surface area contributed by atoms with E-state index in [0.29, 0.717) is 12.5 Å². The summed E-state index contributed by atoms with van der Waals surface area (Å²) in [6.07, 6.45) is 0. The zero-order valence-corrected chi connectivity index (χ0v) is 13.5. The van der Waals surface area contributed by atoms with Gasteiger partial charge in [0.25, 0.3) is 0 Å². The molecule has 1 N–H and O–H groups in total. The van der Waals surface area contributed by atoms with Gasteiger partial charge in [0.05, 0.1) is 0 Å². The van der Waals surface area contributed by atoms with Crippen LogP contribution >= 0.6 is 15.9 Å². The van der Waals surface area contributed by atoms with Crippen molar-refractivity contribution in [2.45, 2.75) is 19.8 Å². The molecule has 0 radical (unpaired) electrons. The van der Waals surface area contributed by atoms with Crippen LogP contribution in [-0.2, 0) is 0 Å². The maximum Gasteiger partial charge on any atom is 0.119 e. The van der Waals surface area contributed by atoms with E-state index in [0.717, 1.165) is 22.5 Å². The number of benzene rings is 2. The first-order chi connectivity index (χ1) is 9.65. The van der Waals surface area contributed by atoms with Crippen LogP contribution in [0.4, 0.5) is 5.69 Å². The molecule has 0 saturated heterocycles. The molecule has 0 bridgehead atoms. The summed E-state index contributed by atoms with van der Waals surface area (Å²) in [4.78, 5) is 0. The van der Waals surface area contributed by atoms with E-state index in [1.807, 2.05) is 24.3 Å². The molecule has 0 spiro atoms. The van der Waals surface area contributed by atoms with E-state index in [1.165, 1.54) is 5.56 Å². The molecule has 0 aliphatic rings. The molecule has 0 amide bonds. The normalized spacial score (nSPS) is 10.6. The van der Waals surface area contributed by atoms with Gasteiger partial charge >= 0.3 is 0 Å². The molecule has 2 rings (SSSR count). The monoisotopic (exact) mass is 333 g/mol. The fourth-order valence-electron chi connectivity index (χ4n) is 1.90. The average molecular weight is 334 g/mol. The highest BCUT2D eigenvalue weighted by atomic mass is 79.9. The number of nitrogens with one attached hydrogen (secondary N) is 1. The maximum atomic E-state index is 5.68. The molecule has 106 valence electrons. The van der Waals surface area contributed by atoms with Crippen molar-refractivity contribution in [2.24, 2.45) is 0 Å². The summed E-state index contributed by atoms with van der Waals surface area (Å²) < 4.78 is 6.74. The maximum absolute atomic E-state index is 5.68. The molecule has 2 aromatic carbocycles. The first kappa shape index (κ1) is 14.9. The summed E-state index contributed by atoms with van der Waals surface area (Å²) in [7, 11) is 0. The lowest BCUT2D eigenvalue weighted by Gasteiger charge is -2.11. The van der Waals surface area contributed by atoms with Crippen LogP contribution in [0.1, 0.15) is 25.3 Å². The van der Waals surface area contributed by atoms with Crippen molar-refractivity contribution in [3.63, 3.8) is 0 Å². The van der Waals surface area contributed by atoms with Gasteiger partial charge in [-0.1, -0.05) is 41.9 Å². The fraction of sp³-hybridized carbons (Fsp3) is 0.294. The first-order valence-electron chi connectivity index (χ1n) is 6.87. The van der Waals surface area contributed by atoms with Crippen LogP contribution in [0.3, 0.4) is 0 Å². The molecule has 3 heteroatoms. The summed E-state index contributed by atoms with van der Waals surface area (Å²) in [6, 6.07) is 16.4. The zero-order chi connectivity index (χ0) is 14.4. The Balaban J connectivity index is 1.78. The highest BCUT2D eigenvalue weighted by Crippen LogP contribution is 2.18. The SMILES string of the molecule is CC(C)c1cccc(NCCOc2ccc(Br)cc2)c1. The molecule has 0 atom stereocenters.